The van der Waals surface area contributed by atoms with Crippen LogP contribution in [0.15, 0.2) is 24.3 Å². The van der Waals surface area contributed by atoms with Crippen LogP contribution >= 0.6 is 0 Å². The van der Waals surface area contributed by atoms with Crippen molar-refractivity contribution in [3.8, 4) is 0 Å². The number of anilines is 1. The van der Waals surface area contributed by atoms with Crippen LogP contribution in [0.1, 0.15) is 30.6 Å². The summed E-state index contributed by atoms with van der Waals surface area (Å²) in [7, 11) is -1.41. The molecule has 0 aliphatic carbocycles. The molecule has 0 spiro atoms. The molecule has 110 valence electrons. The van der Waals surface area contributed by atoms with Crippen molar-refractivity contribution in [3.63, 3.8) is 0 Å². The van der Waals surface area contributed by atoms with Gasteiger partial charge < -0.3 is 4.90 Å². The highest BCUT2D eigenvalue weighted by atomic mass is 32.2. The standard InChI is InChI=1S/C14H20N2O3S/c1-11(2)15(3)14(17)12-5-7-13(8-6-12)16-9-4-10-20(16,18)19/h5-8,11H,4,9-10H2,1-3H3. The first-order chi connectivity index (χ1) is 9.33. The molecule has 0 unspecified atom stereocenters. The summed E-state index contributed by atoms with van der Waals surface area (Å²) in [5, 5.41) is 0. The van der Waals surface area contributed by atoms with Crippen LogP contribution in [0, 0.1) is 0 Å². The van der Waals surface area contributed by atoms with E-state index >= 15 is 0 Å². The SMILES string of the molecule is CC(C)N(C)C(=O)c1ccc(N2CCCS2(=O)=O)cc1. The van der Waals surface area contributed by atoms with Gasteiger partial charge in [0.05, 0.1) is 11.4 Å². The van der Waals surface area contributed by atoms with Crippen molar-refractivity contribution in [2.75, 3.05) is 23.7 Å². The zero-order chi connectivity index (χ0) is 14.9. The topological polar surface area (TPSA) is 57.7 Å². The molecular formula is C14H20N2O3S. The maximum absolute atomic E-state index is 12.1. The van der Waals surface area contributed by atoms with Crippen LogP contribution in [0.3, 0.4) is 0 Å². The third-order valence-corrected chi connectivity index (χ3v) is 5.47. The van der Waals surface area contributed by atoms with Gasteiger partial charge in [0.15, 0.2) is 0 Å². The number of rotatable bonds is 3. The van der Waals surface area contributed by atoms with Gasteiger partial charge in [0.1, 0.15) is 0 Å². The van der Waals surface area contributed by atoms with Gasteiger partial charge in [0.25, 0.3) is 5.91 Å². The van der Waals surface area contributed by atoms with Gasteiger partial charge in [-0.25, -0.2) is 8.42 Å². The summed E-state index contributed by atoms with van der Waals surface area (Å²) in [6.07, 6.45) is 0.652. The second-order valence-corrected chi connectivity index (χ2v) is 7.31. The lowest BCUT2D eigenvalue weighted by Gasteiger charge is -2.22. The van der Waals surface area contributed by atoms with E-state index in [9.17, 15) is 13.2 Å². The van der Waals surface area contributed by atoms with Gasteiger partial charge in [-0.05, 0) is 44.5 Å². The van der Waals surface area contributed by atoms with Crippen LogP contribution in [0.25, 0.3) is 0 Å². The summed E-state index contributed by atoms with van der Waals surface area (Å²) < 4.78 is 25.1. The molecule has 1 aromatic rings. The van der Waals surface area contributed by atoms with E-state index in [2.05, 4.69) is 0 Å². The molecule has 1 aromatic carbocycles. The summed E-state index contributed by atoms with van der Waals surface area (Å²) in [5.41, 5.74) is 1.20. The van der Waals surface area contributed by atoms with Crippen LogP contribution in [-0.2, 0) is 10.0 Å². The number of nitrogens with zero attached hydrogens (tertiary/aromatic N) is 2. The fraction of sp³-hybridized carbons (Fsp3) is 0.500. The van der Waals surface area contributed by atoms with Crippen molar-refractivity contribution in [2.24, 2.45) is 0 Å². The monoisotopic (exact) mass is 296 g/mol. The molecule has 0 aromatic heterocycles. The zero-order valence-corrected chi connectivity index (χ0v) is 12.9. The molecule has 0 bridgehead atoms. The largest absolute Gasteiger partial charge is 0.339 e. The van der Waals surface area contributed by atoms with E-state index in [1.165, 1.54) is 4.31 Å². The van der Waals surface area contributed by atoms with Crippen LogP contribution in [0.4, 0.5) is 5.69 Å². The van der Waals surface area contributed by atoms with Crippen molar-refractivity contribution in [1.29, 1.82) is 0 Å². The predicted octanol–water partition coefficient (Wildman–Crippen LogP) is 1.71. The Morgan fingerprint density at radius 1 is 1.25 bits per heavy atom. The molecule has 1 saturated heterocycles. The highest BCUT2D eigenvalue weighted by molar-refractivity contribution is 7.93. The van der Waals surface area contributed by atoms with Gasteiger partial charge in [0, 0.05) is 25.2 Å². The third kappa shape index (κ3) is 2.80. The predicted molar refractivity (Wildman–Crippen MR) is 79.4 cm³/mol. The molecule has 1 aliphatic rings. The number of amides is 1. The number of benzene rings is 1. The van der Waals surface area contributed by atoms with Crippen LogP contribution in [0.2, 0.25) is 0 Å². The van der Waals surface area contributed by atoms with E-state index in [1.54, 1.807) is 36.2 Å². The van der Waals surface area contributed by atoms with Gasteiger partial charge in [-0.3, -0.25) is 9.10 Å². The molecule has 0 saturated carbocycles. The molecule has 2 rings (SSSR count). The highest BCUT2D eigenvalue weighted by Crippen LogP contribution is 2.24. The van der Waals surface area contributed by atoms with Crippen LogP contribution in [0.5, 0.6) is 0 Å². The molecule has 1 fully saturated rings. The Hall–Kier alpha value is -1.56. The molecule has 0 atom stereocenters. The van der Waals surface area contributed by atoms with Gasteiger partial charge in [0.2, 0.25) is 10.0 Å². The van der Waals surface area contributed by atoms with Gasteiger partial charge in [-0.1, -0.05) is 0 Å². The molecule has 1 heterocycles. The Kier molecular flexibility index (Phi) is 4.04. The summed E-state index contributed by atoms with van der Waals surface area (Å²) in [6, 6.07) is 6.89. The first-order valence-electron chi connectivity index (χ1n) is 6.70. The second kappa shape index (κ2) is 5.44. The number of sulfonamides is 1. The van der Waals surface area contributed by atoms with E-state index < -0.39 is 10.0 Å². The fourth-order valence-corrected chi connectivity index (χ4v) is 3.70. The third-order valence-electron chi connectivity index (χ3n) is 3.60. The average Bonchev–Trinajstić information content (AvgIpc) is 2.76. The van der Waals surface area contributed by atoms with Crippen LogP contribution in [-0.4, -0.2) is 44.6 Å². The quantitative estimate of drug-likeness (QED) is 0.853. The first-order valence-corrected chi connectivity index (χ1v) is 8.31. The van der Waals surface area contributed by atoms with E-state index in [0.717, 1.165) is 0 Å². The molecule has 0 radical (unpaired) electrons. The summed E-state index contributed by atoms with van der Waals surface area (Å²) >= 11 is 0. The molecule has 1 amide bonds. The van der Waals surface area contributed by atoms with E-state index in [-0.39, 0.29) is 17.7 Å². The van der Waals surface area contributed by atoms with Crippen molar-refractivity contribution in [1.82, 2.24) is 4.90 Å². The van der Waals surface area contributed by atoms with Gasteiger partial charge >= 0.3 is 0 Å². The minimum absolute atomic E-state index is 0.0594. The van der Waals surface area contributed by atoms with Crippen molar-refractivity contribution in [3.05, 3.63) is 29.8 Å². The van der Waals surface area contributed by atoms with Crippen molar-refractivity contribution >= 4 is 21.6 Å². The Labute approximate surface area is 120 Å². The number of hydrogen-bond acceptors (Lipinski definition) is 3. The highest BCUT2D eigenvalue weighted by Gasteiger charge is 2.28. The fourth-order valence-electron chi connectivity index (χ4n) is 2.14. The van der Waals surface area contributed by atoms with Crippen molar-refractivity contribution < 1.29 is 13.2 Å². The van der Waals surface area contributed by atoms with Crippen LogP contribution < -0.4 is 4.31 Å². The molecule has 0 N–H and O–H groups in total. The smallest absolute Gasteiger partial charge is 0.253 e. The Bertz CT molecular complexity index is 593. The van der Waals surface area contributed by atoms with E-state index in [1.807, 2.05) is 13.8 Å². The minimum Gasteiger partial charge on any atom is -0.339 e. The normalized spacial score (nSPS) is 17.5. The molecule has 1 aliphatic heterocycles. The van der Waals surface area contributed by atoms with Gasteiger partial charge in [-0.2, -0.15) is 0 Å². The lowest BCUT2D eigenvalue weighted by atomic mass is 10.1. The number of carbonyl (C=O) groups is 1. The lowest BCUT2D eigenvalue weighted by molar-refractivity contribution is 0.0755. The molecule has 20 heavy (non-hydrogen) atoms. The molecular weight excluding hydrogens is 276 g/mol. The maximum Gasteiger partial charge on any atom is 0.253 e. The Balaban J connectivity index is 2.21. The summed E-state index contributed by atoms with van der Waals surface area (Å²) in [6.45, 7) is 4.41. The second-order valence-electron chi connectivity index (χ2n) is 5.30. The zero-order valence-electron chi connectivity index (χ0n) is 12.0. The summed E-state index contributed by atoms with van der Waals surface area (Å²) in [4.78, 5) is 13.8. The van der Waals surface area contributed by atoms with Crippen molar-refractivity contribution in [2.45, 2.75) is 26.3 Å². The summed E-state index contributed by atoms with van der Waals surface area (Å²) in [5.74, 6) is 0.139. The Morgan fingerprint density at radius 2 is 1.85 bits per heavy atom. The Morgan fingerprint density at radius 3 is 2.30 bits per heavy atom. The van der Waals surface area contributed by atoms with E-state index in [0.29, 0.717) is 24.2 Å². The minimum atomic E-state index is -3.17. The number of hydrogen-bond donors (Lipinski definition) is 0. The lowest BCUT2D eigenvalue weighted by Crippen LogP contribution is -2.33. The average molecular weight is 296 g/mol. The maximum atomic E-state index is 12.1. The number of carbonyl (C=O) groups excluding carboxylic acids is 1. The first kappa shape index (κ1) is 14.8. The van der Waals surface area contributed by atoms with Gasteiger partial charge in [-0.15, -0.1) is 0 Å². The van der Waals surface area contributed by atoms with E-state index in [4.69, 9.17) is 0 Å². The molecule has 6 heteroatoms. The molecule has 5 nitrogen and oxygen atoms in total.